The highest BCUT2D eigenvalue weighted by atomic mass is 28.4. The van der Waals surface area contributed by atoms with E-state index in [2.05, 4.69) is 20.8 Å². The van der Waals surface area contributed by atoms with E-state index >= 15 is 0 Å². The van der Waals surface area contributed by atoms with Crippen molar-refractivity contribution < 1.29 is 27.9 Å². The van der Waals surface area contributed by atoms with Crippen molar-refractivity contribution in [3.05, 3.63) is 24.3 Å². The van der Waals surface area contributed by atoms with Crippen molar-refractivity contribution in [2.45, 2.75) is 116 Å². The number of aliphatic carboxylic acids is 1. The van der Waals surface area contributed by atoms with Crippen LogP contribution in [0.3, 0.4) is 0 Å². The van der Waals surface area contributed by atoms with E-state index in [9.17, 15) is 18.4 Å². The van der Waals surface area contributed by atoms with Crippen LogP contribution in [0, 0.1) is 11.8 Å². The molecule has 0 aromatic carbocycles. The number of hydrogen-bond donors (Lipinski definition) is 1. The van der Waals surface area contributed by atoms with Gasteiger partial charge in [-0.2, -0.15) is 0 Å². The first kappa shape index (κ1) is 29.7. The van der Waals surface area contributed by atoms with Crippen LogP contribution in [0.4, 0.5) is 8.78 Å². The normalized spacial score (nSPS) is 20.7. The van der Waals surface area contributed by atoms with E-state index in [0.29, 0.717) is 38.5 Å². The third-order valence-corrected chi connectivity index (χ3v) is 11.5. The number of carbonyl (C=O) groups excluding carboxylic acids is 1. The molecule has 1 aliphatic carbocycles. The van der Waals surface area contributed by atoms with Crippen LogP contribution in [-0.2, 0) is 14.0 Å². The third-order valence-electron chi connectivity index (χ3n) is 7.01. The van der Waals surface area contributed by atoms with Gasteiger partial charge in [0.05, 0.1) is 0 Å². The molecule has 0 amide bonds. The van der Waals surface area contributed by atoms with Gasteiger partial charge in [-0.15, -0.1) is 0 Å². The van der Waals surface area contributed by atoms with Crippen molar-refractivity contribution in [3.8, 4) is 0 Å². The lowest BCUT2D eigenvalue weighted by atomic mass is 9.86. The summed E-state index contributed by atoms with van der Waals surface area (Å²) >= 11 is 0. The maximum absolute atomic E-state index is 14.9. The molecule has 1 aliphatic rings. The van der Waals surface area contributed by atoms with Gasteiger partial charge < -0.3 is 9.53 Å². The molecule has 0 saturated heterocycles. The second kappa shape index (κ2) is 12.9. The first-order chi connectivity index (χ1) is 15.2. The fraction of sp³-hybridized carbons (Fsp3) is 0.769. The Balaban J connectivity index is 2.69. The molecule has 1 N–H and O–H groups in total. The monoisotopic (exact) mass is 486 g/mol. The summed E-state index contributed by atoms with van der Waals surface area (Å²) in [5.41, 5.74) is 0. The maximum Gasteiger partial charge on any atom is 0.303 e. The maximum atomic E-state index is 14.9. The summed E-state index contributed by atoms with van der Waals surface area (Å²) in [5.74, 6) is -3.69. The van der Waals surface area contributed by atoms with E-state index in [1.165, 1.54) is 0 Å². The van der Waals surface area contributed by atoms with Gasteiger partial charge in [0, 0.05) is 18.8 Å². The number of unbranched alkanes of at least 4 members (excludes halogenated alkanes) is 1. The van der Waals surface area contributed by atoms with Crippen molar-refractivity contribution >= 4 is 20.1 Å². The summed E-state index contributed by atoms with van der Waals surface area (Å²) in [6.07, 6.45) is 10.1. The lowest BCUT2D eigenvalue weighted by molar-refractivity contribution is -0.137. The molecule has 0 saturated carbocycles. The zero-order valence-electron chi connectivity index (χ0n) is 21.3. The van der Waals surface area contributed by atoms with Gasteiger partial charge in [0.1, 0.15) is 6.10 Å². The quantitative estimate of drug-likeness (QED) is 0.147. The van der Waals surface area contributed by atoms with E-state index < -0.39 is 26.3 Å². The first-order valence-electron chi connectivity index (χ1n) is 12.4. The van der Waals surface area contributed by atoms with Gasteiger partial charge in [0.2, 0.25) is 0 Å². The highest BCUT2D eigenvalue weighted by Crippen LogP contribution is 2.41. The predicted molar refractivity (Wildman–Crippen MR) is 132 cm³/mol. The molecule has 3 atom stereocenters. The molecule has 0 unspecified atom stereocenters. The van der Waals surface area contributed by atoms with Crippen LogP contribution in [-0.4, -0.2) is 37.2 Å². The molecular weight excluding hydrogens is 442 g/mol. The number of rotatable bonds is 15. The van der Waals surface area contributed by atoms with Crippen LogP contribution < -0.4 is 0 Å². The minimum Gasteiger partial charge on any atom is -0.481 e. The lowest BCUT2D eigenvalue weighted by Crippen LogP contribution is -2.49. The Morgan fingerprint density at radius 2 is 1.91 bits per heavy atom. The Morgan fingerprint density at radius 3 is 2.48 bits per heavy atom. The average Bonchev–Trinajstić information content (AvgIpc) is 3.02. The summed E-state index contributed by atoms with van der Waals surface area (Å²) in [7, 11) is -2.34. The fourth-order valence-corrected chi connectivity index (χ4v) is 5.28. The molecule has 0 fully saturated rings. The summed E-state index contributed by atoms with van der Waals surface area (Å²) in [4.78, 5) is 22.9. The zero-order valence-corrected chi connectivity index (χ0v) is 22.3. The molecule has 1 rings (SSSR count). The summed E-state index contributed by atoms with van der Waals surface area (Å²) in [6, 6.07) is 0. The number of carbonyl (C=O) groups is 2. The van der Waals surface area contributed by atoms with Crippen molar-refractivity contribution in [2.24, 2.45) is 11.8 Å². The second-order valence-corrected chi connectivity index (χ2v) is 15.6. The Bertz CT molecular complexity index is 695. The number of alkyl halides is 2. The molecule has 7 heteroatoms. The lowest BCUT2D eigenvalue weighted by Gasteiger charge is -2.41. The van der Waals surface area contributed by atoms with E-state index in [4.69, 9.17) is 9.53 Å². The van der Waals surface area contributed by atoms with Gasteiger partial charge in [-0.3, -0.25) is 9.59 Å². The smallest absolute Gasteiger partial charge is 0.303 e. The topological polar surface area (TPSA) is 63.6 Å². The van der Waals surface area contributed by atoms with Crippen LogP contribution >= 0.6 is 0 Å². The van der Waals surface area contributed by atoms with Gasteiger partial charge in [-0.25, -0.2) is 8.78 Å². The van der Waals surface area contributed by atoms with Gasteiger partial charge in [-0.05, 0) is 62.2 Å². The number of allylic oxidation sites excluding steroid dienone is 4. The second-order valence-electron chi connectivity index (χ2n) is 10.8. The van der Waals surface area contributed by atoms with Crippen molar-refractivity contribution in [3.63, 3.8) is 0 Å². The number of carboxylic acid groups (broad SMARTS) is 1. The van der Waals surface area contributed by atoms with Crippen molar-refractivity contribution in [1.29, 1.82) is 0 Å². The first-order valence-corrected chi connectivity index (χ1v) is 15.3. The summed E-state index contributed by atoms with van der Waals surface area (Å²) in [6.45, 7) is 12.0. The minimum absolute atomic E-state index is 0.0505. The van der Waals surface area contributed by atoms with E-state index in [1.54, 1.807) is 13.0 Å². The zero-order chi connectivity index (χ0) is 25.3. The number of halogens is 2. The minimum atomic E-state index is -2.86. The highest BCUT2D eigenvalue weighted by molar-refractivity contribution is 6.74. The fourth-order valence-electron chi connectivity index (χ4n) is 3.93. The molecular formula is C26H44F2O4Si. The Labute approximate surface area is 200 Å². The molecule has 4 nitrogen and oxygen atoms in total. The van der Waals surface area contributed by atoms with Gasteiger partial charge in [-0.1, -0.05) is 58.8 Å². The summed E-state index contributed by atoms with van der Waals surface area (Å²) < 4.78 is 36.1. The molecule has 0 radical (unpaired) electrons. The van der Waals surface area contributed by atoms with Crippen LogP contribution in [0.5, 0.6) is 0 Å². The molecule has 0 heterocycles. The average molecular weight is 487 g/mol. The number of carboxylic acids is 1. The van der Waals surface area contributed by atoms with Crippen molar-refractivity contribution in [1.82, 2.24) is 0 Å². The number of ketones is 1. The molecule has 0 bridgehead atoms. The molecule has 0 aromatic rings. The Morgan fingerprint density at radius 1 is 1.24 bits per heavy atom. The Hall–Kier alpha value is -1.34. The summed E-state index contributed by atoms with van der Waals surface area (Å²) in [5, 5.41) is 8.54. The largest absolute Gasteiger partial charge is 0.481 e. The van der Waals surface area contributed by atoms with E-state index in [-0.39, 0.29) is 41.9 Å². The number of hydrogen-bond acceptors (Lipinski definition) is 3. The molecule has 190 valence electrons. The molecule has 0 aliphatic heterocycles. The van der Waals surface area contributed by atoms with Gasteiger partial charge in [0.25, 0.3) is 5.92 Å². The SMILES string of the molecule is CCCC(F)(F)[C@@H](CCC[C@@H]1C=CC(=O)[C@@H]1C/C=C\CCCC(=O)O)O[Si](C)(C)C(C)(C)C. The van der Waals surface area contributed by atoms with Crippen molar-refractivity contribution in [2.75, 3.05) is 0 Å². The standard InChI is InChI=1S/C26H44F2O4Si/c1-7-19-26(27,28)23(32-33(5,6)25(2,3)4)15-12-13-20-17-18-22(29)21(20)14-10-8-9-11-16-24(30)31/h8,10,17-18,20-21,23H,7,9,11-16,19H2,1-6H3,(H,30,31)/b10-8-/t20-,21-,23-/m1/s1. The molecule has 0 aromatic heterocycles. The Kier molecular flexibility index (Phi) is 11.6. The molecule has 33 heavy (non-hydrogen) atoms. The van der Waals surface area contributed by atoms with E-state index in [1.807, 2.05) is 31.3 Å². The van der Waals surface area contributed by atoms with Crippen LogP contribution in [0.15, 0.2) is 24.3 Å². The van der Waals surface area contributed by atoms with E-state index in [0.717, 1.165) is 0 Å². The molecule has 0 spiro atoms. The van der Waals surface area contributed by atoms with Crippen LogP contribution in [0.1, 0.15) is 85.5 Å². The highest BCUT2D eigenvalue weighted by Gasteiger charge is 2.46. The van der Waals surface area contributed by atoms with Gasteiger partial charge >= 0.3 is 5.97 Å². The van der Waals surface area contributed by atoms with Crippen LogP contribution in [0.25, 0.3) is 0 Å². The predicted octanol–water partition coefficient (Wildman–Crippen LogP) is 7.56. The third kappa shape index (κ3) is 9.81. The van der Waals surface area contributed by atoms with Gasteiger partial charge in [0.15, 0.2) is 14.1 Å². The van der Waals surface area contributed by atoms with Crippen LogP contribution in [0.2, 0.25) is 18.1 Å².